The molecule has 1 rings (SSSR count). The average molecular weight is 286 g/mol. The fourth-order valence-corrected chi connectivity index (χ4v) is 3.13. The van der Waals surface area contributed by atoms with Crippen LogP contribution in [0.2, 0.25) is 0 Å². The van der Waals surface area contributed by atoms with E-state index in [4.69, 9.17) is 9.47 Å². The molecule has 1 aliphatic rings. The summed E-state index contributed by atoms with van der Waals surface area (Å²) in [4.78, 5) is 14.6. The molecule has 0 radical (unpaired) electrons. The molecule has 0 spiro atoms. The molecule has 0 aliphatic heterocycles. The number of nitrogens with zero attached hydrogens (tertiary/aromatic N) is 1. The van der Waals surface area contributed by atoms with E-state index in [-0.39, 0.29) is 12.1 Å². The van der Waals surface area contributed by atoms with Crippen molar-refractivity contribution in [1.82, 2.24) is 10.2 Å². The topological polar surface area (TPSA) is 50.8 Å². The summed E-state index contributed by atoms with van der Waals surface area (Å²) in [6.45, 7) is 8.06. The van der Waals surface area contributed by atoms with E-state index in [0.717, 1.165) is 51.9 Å². The first kappa shape index (κ1) is 17.4. The maximum Gasteiger partial charge on any atom is 0.328 e. The van der Waals surface area contributed by atoms with E-state index in [1.54, 1.807) is 7.11 Å². The molecule has 5 nitrogen and oxygen atoms in total. The van der Waals surface area contributed by atoms with Crippen LogP contribution < -0.4 is 5.32 Å². The third-order valence-corrected chi connectivity index (χ3v) is 4.43. The Balaban J connectivity index is 2.70. The number of rotatable bonds is 8. The van der Waals surface area contributed by atoms with Crippen molar-refractivity contribution in [2.24, 2.45) is 0 Å². The van der Waals surface area contributed by atoms with Crippen LogP contribution >= 0.6 is 0 Å². The van der Waals surface area contributed by atoms with E-state index in [1.165, 1.54) is 7.11 Å². The zero-order valence-electron chi connectivity index (χ0n) is 13.4. The van der Waals surface area contributed by atoms with E-state index in [2.05, 4.69) is 24.1 Å². The standard InChI is InChI=1S/C15H30N2O3/c1-5-17(6-2)12-11-16-15(14(18)20-4)10-8-7-9-13(15)19-3/h13,16H,5-12H2,1-4H3. The zero-order valence-corrected chi connectivity index (χ0v) is 13.4. The Morgan fingerprint density at radius 3 is 2.55 bits per heavy atom. The number of likely N-dealkylation sites (N-methyl/N-ethyl adjacent to an activating group) is 1. The molecular formula is C15H30N2O3. The van der Waals surface area contributed by atoms with Gasteiger partial charge in [-0.25, -0.2) is 4.79 Å². The third kappa shape index (κ3) is 3.93. The van der Waals surface area contributed by atoms with Gasteiger partial charge >= 0.3 is 5.97 Å². The first-order valence-electron chi connectivity index (χ1n) is 7.73. The number of esters is 1. The minimum Gasteiger partial charge on any atom is -0.468 e. The molecule has 0 saturated heterocycles. The molecule has 0 amide bonds. The van der Waals surface area contributed by atoms with E-state index in [9.17, 15) is 4.79 Å². The molecular weight excluding hydrogens is 256 g/mol. The molecule has 2 atom stereocenters. The van der Waals surface area contributed by atoms with Crippen LogP contribution in [0.4, 0.5) is 0 Å². The first-order valence-corrected chi connectivity index (χ1v) is 7.73. The summed E-state index contributed by atoms with van der Waals surface area (Å²) in [5, 5.41) is 3.44. The molecule has 0 bridgehead atoms. The highest BCUT2D eigenvalue weighted by Gasteiger charge is 2.48. The summed E-state index contributed by atoms with van der Waals surface area (Å²) < 4.78 is 10.6. The van der Waals surface area contributed by atoms with Gasteiger partial charge in [0.15, 0.2) is 0 Å². The predicted octanol–water partition coefficient (Wildman–Crippen LogP) is 1.42. The van der Waals surface area contributed by atoms with Crippen molar-refractivity contribution in [2.75, 3.05) is 40.4 Å². The van der Waals surface area contributed by atoms with Crippen LogP contribution in [0, 0.1) is 0 Å². The van der Waals surface area contributed by atoms with Gasteiger partial charge in [0, 0.05) is 20.2 Å². The molecule has 118 valence electrons. The monoisotopic (exact) mass is 286 g/mol. The molecule has 0 aromatic heterocycles. The second-order valence-corrected chi connectivity index (χ2v) is 5.39. The van der Waals surface area contributed by atoms with Crippen LogP contribution in [0.3, 0.4) is 0 Å². The van der Waals surface area contributed by atoms with Gasteiger partial charge in [-0.3, -0.25) is 5.32 Å². The Bertz CT molecular complexity index is 295. The van der Waals surface area contributed by atoms with Crippen molar-refractivity contribution >= 4 is 5.97 Å². The highest BCUT2D eigenvalue weighted by atomic mass is 16.5. The first-order chi connectivity index (χ1) is 9.64. The molecule has 1 fully saturated rings. The molecule has 1 saturated carbocycles. The van der Waals surface area contributed by atoms with Gasteiger partial charge in [-0.05, 0) is 25.9 Å². The number of carbonyl (C=O) groups excluding carboxylic acids is 1. The Labute approximate surface area is 123 Å². The summed E-state index contributed by atoms with van der Waals surface area (Å²) >= 11 is 0. The van der Waals surface area contributed by atoms with E-state index < -0.39 is 5.54 Å². The van der Waals surface area contributed by atoms with E-state index >= 15 is 0 Å². The summed E-state index contributed by atoms with van der Waals surface area (Å²) in [6, 6.07) is 0. The fourth-order valence-electron chi connectivity index (χ4n) is 3.13. The third-order valence-electron chi connectivity index (χ3n) is 4.43. The van der Waals surface area contributed by atoms with Gasteiger partial charge in [0.05, 0.1) is 13.2 Å². The van der Waals surface area contributed by atoms with Crippen molar-refractivity contribution < 1.29 is 14.3 Å². The van der Waals surface area contributed by atoms with E-state index in [1.807, 2.05) is 0 Å². The van der Waals surface area contributed by atoms with Gasteiger partial charge in [-0.2, -0.15) is 0 Å². The van der Waals surface area contributed by atoms with Crippen molar-refractivity contribution in [1.29, 1.82) is 0 Å². The van der Waals surface area contributed by atoms with Gasteiger partial charge in [0.1, 0.15) is 5.54 Å². The highest BCUT2D eigenvalue weighted by molar-refractivity contribution is 5.81. The minimum absolute atomic E-state index is 0.0968. The number of methoxy groups -OCH3 is 2. The number of hydrogen-bond donors (Lipinski definition) is 1. The molecule has 20 heavy (non-hydrogen) atoms. The lowest BCUT2D eigenvalue weighted by molar-refractivity contribution is -0.158. The smallest absolute Gasteiger partial charge is 0.328 e. The lowest BCUT2D eigenvalue weighted by atomic mass is 9.79. The quantitative estimate of drug-likeness (QED) is 0.684. The minimum atomic E-state index is -0.672. The Hall–Kier alpha value is -0.650. The fraction of sp³-hybridized carbons (Fsp3) is 0.933. The SMILES string of the molecule is CCN(CC)CCNC1(C(=O)OC)CCCCC1OC. The summed E-state index contributed by atoms with van der Waals surface area (Å²) in [5.41, 5.74) is -0.672. The van der Waals surface area contributed by atoms with Gasteiger partial charge < -0.3 is 14.4 Å². The maximum atomic E-state index is 12.3. The average Bonchev–Trinajstić information content (AvgIpc) is 2.51. The van der Waals surface area contributed by atoms with Crippen molar-refractivity contribution in [3.05, 3.63) is 0 Å². The maximum absolute atomic E-state index is 12.3. The van der Waals surface area contributed by atoms with Crippen molar-refractivity contribution in [3.8, 4) is 0 Å². The van der Waals surface area contributed by atoms with Gasteiger partial charge in [0.2, 0.25) is 0 Å². The second kappa shape index (κ2) is 8.60. The molecule has 5 heteroatoms. The van der Waals surface area contributed by atoms with Gasteiger partial charge in [-0.15, -0.1) is 0 Å². The van der Waals surface area contributed by atoms with Crippen LogP contribution in [0.1, 0.15) is 39.5 Å². The Kier molecular flexibility index (Phi) is 7.48. The summed E-state index contributed by atoms with van der Waals surface area (Å²) in [6.07, 6.45) is 3.74. The normalized spacial score (nSPS) is 26.8. The molecule has 0 aromatic rings. The second-order valence-electron chi connectivity index (χ2n) is 5.39. The summed E-state index contributed by atoms with van der Waals surface area (Å²) in [7, 11) is 3.14. The number of nitrogens with one attached hydrogen (secondary N) is 1. The zero-order chi connectivity index (χ0) is 15.0. The van der Waals surface area contributed by atoms with Crippen molar-refractivity contribution in [2.45, 2.75) is 51.2 Å². The molecule has 2 unspecified atom stereocenters. The van der Waals surface area contributed by atoms with E-state index in [0.29, 0.717) is 0 Å². The summed E-state index contributed by atoms with van der Waals surface area (Å²) in [5.74, 6) is -0.191. The number of carbonyl (C=O) groups is 1. The van der Waals surface area contributed by atoms with Crippen LogP contribution in [-0.2, 0) is 14.3 Å². The van der Waals surface area contributed by atoms with Gasteiger partial charge in [0.25, 0.3) is 0 Å². The molecule has 1 aliphatic carbocycles. The Morgan fingerprint density at radius 1 is 1.30 bits per heavy atom. The van der Waals surface area contributed by atoms with Crippen molar-refractivity contribution in [3.63, 3.8) is 0 Å². The molecule has 1 N–H and O–H groups in total. The van der Waals surface area contributed by atoms with Crippen LogP contribution in [0.25, 0.3) is 0 Å². The predicted molar refractivity (Wildman–Crippen MR) is 79.8 cm³/mol. The van der Waals surface area contributed by atoms with Crippen LogP contribution in [-0.4, -0.2) is 62.9 Å². The lowest BCUT2D eigenvalue weighted by Crippen LogP contribution is -2.63. The number of ether oxygens (including phenoxy) is 2. The number of hydrogen-bond acceptors (Lipinski definition) is 5. The van der Waals surface area contributed by atoms with Crippen LogP contribution in [0.5, 0.6) is 0 Å². The molecule has 0 aromatic carbocycles. The highest BCUT2D eigenvalue weighted by Crippen LogP contribution is 2.31. The van der Waals surface area contributed by atoms with Crippen LogP contribution in [0.15, 0.2) is 0 Å². The molecule has 0 heterocycles. The van der Waals surface area contributed by atoms with Gasteiger partial charge in [-0.1, -0.05) is 26.7 Å². The Morgan fingerprint density at radius 2 is 2.00 bits per heavy atom. The largest absolute Gasteiger partial charge is 0.468 e. The lowest BCUT2D eigenvalue weighted by Gasteiger charge is -2.41.